The number of halogens is 1. The highest BCUT2D eigenvalue weighted by molar-refractivity contribution is 9.10. The zero-order chi connectivity index (χ0) is 80.1. The van der Waals surface area contributed by atoms with Crippen LogP contribution < -0.4 is 5.46 Å². The normalized spacial score (nSPS) is 13.4. The number of para-hydroxylation sites is 4. The number of hydrogen-bond donors (Lipinski definition) is 0. The summed E-state index contributed by atoms with van der Waals surface area (Å²) in [6.45, 7) is 8.30. The van der Waals surface area contributed by atoms with Crippen LogP contribution in [0.2, 0.25) is 0 Å². The Labute approximate surface area is 700 Å². The number of nitrogens with zero attached hydrogens (tertiary/aromatic N) is 6. The molecule has 8 nitrogen and oxygen atoms in total. The maximum absolute atomic E-state index is 6.28. The van der Waals surface area contributed by atoms with Crippen molar-refractivity contribution in [3.63, 3.8) is 0 Å². The van der Waals surface area contributed by atoms with E-state index < -0.39 is 7.12 Å². The van der Waals surface area contributed by atoms with Crippen LogP contribution in [0.25, 0.3) is 219 Å². The van der Waals surface area contributed by atoms with Crippen molar-refractivity contribution in [3.05, 3.63) is 381 Å². The molecule has 0 radical (unpaired) electrons. The summed E-state index contributed by atoms with van der Waals surface area (Å²) in [5, 5.41) is 24.4. The molecule has 566 valence electrons. The number of fused-ring (bicyclic) bond motifs is 24. The molecule has 18 aromatic carbocycles. The molecule has 1 saturated heterocycles. The Balaban J connectivity index is 0.000000112. The van der Waals surface area contributed by atoms with Crippen LogP contribution >= 0.6 is 15.9 Å². The lowest BCUT2D eigenvalue weighted by Gasteiger charge is -2.32. The monoisotopic (exact) mass is 1600 g/mol. The van der Waals surface area contributed by atoms with Gasteiger partial charge in [-0.05, 0) is 278 Å². The molecule has 7 heterocycles. The molecule has 1 fully saturated rings. The Bertz CT molecular complexity index is 8420. The molecule has 0 bridgehead atoms. The van der Waals surface area contributed by atoms with E-state index in [2.05, 4.69) is 392 Å². The van der Waals surface area contributed by atoms with Crippen molar-refractivity contribution < 1.29 is 9.31 Å². The molecule has 0 amide bonds. The Kier molecular flexibility index (Phi) is 16.6. The Morgan fingerprint density at radius 2 is 0.575 bits per heavy atom. The topological polar surface area (TPSA) is 78.8 Å². The third-order valence-electron chi connectivity index (χ3n) is 25.3. The fraction of sp³-hybridized carbons (Fsp3) is 0.0545. The van der Waals surface area contributed by atoms with Crippen molar-refractivity contribution in [1.82, 2.24) is 28.7 Å². The maximum atomic E-state index is 6.28. The van der Waals surface area contributed by atoms with E-state index in [1.165, 1.54) is 131 Å². The van der Waals surface area contributed by atoms with E-state index in [0.29, 0.717) is 0 Å². The summed E-state index contributed by atoms with van der Waals surface area (Å²) in [6, 6.07) is 131. The summed E-state index contributed by atoms with van der Waals surface area (Å²) in [7, 11) is -0.409. The summed E-state index contributed by atoms with van der Waals surface area (Å²) in [4.78, 5) is 19.8. The van der Waals surface area contributed by atoms with Crippen molar-refractivity contribution >= 4 is 192 Å². The first-order chi connectivity index (χ1) is 58.9. The summed E-state index contributed by atoms with van der Waals surface area (Å²) < 4.78 is 18.1. The number of benzene rings is 18. The molecule has 6 aromatic heterocycles. The van der Waals surface area contributed by atoms with Crippen LogP contribution in [0.4, 0.5) is 0 Å². The van der Waals surface area contributed by atoms with E-state index in [4.69, 9.17) is 29.2 Å². The molecular weight excluding hydrogens is 1530 g/mol. The summed E-state index contributed by atoms with van der Waals surface area (Å²) in [5.41, 5.74) is 22.6. The molecule has 120 heavy (non-hydrogen) atoms. The van der Waals surface area contributed by atoms with Gasteiger partial charge in [0, 0.05) is 38.4 Å². The first kappa shape index (κ1) is 71.1. The van der Waals surface area contributed by atoms with Crippen LogP contribution in [0.15, 0.2) is 381 Å². The van der Waals surface area contributed by atoms with Gasteiger partial charge in [-0.1, -0.05) is 277 Å². The van der Waals surface area contributed by atoms with Gasteiger partial charge in [-0.25, -0.2) is 9.97 Å². The second kappa shape index (κ2) is 28.0. The number of imidazole rings is 2. The predicted octanol–water partition coefficient (Wildman–Crippen LogP) is 28.7. The van der Waals surface area contributed by atoms with E-state index in [9.17, 15) is 0 Å². The van der Waals surface area contributed by atoms with Gasteiger partial charge in [-0.15, -0.1) is 0 Å². The van der Waals surface area contributed by atoms with Crippen LogP contribution in [0, 0.1) is 0 Å². The SMILES string of the molecule is Brc1ccc2c(-c3ccc4ccccc4c3)c3ccccc3c(-c3ccc4ccccc4c3)c2c1.CC1(C)OB(c2ccc3c(c2)c2ncccc2n2c4ccccc4nc32)OC1(C)C.c1ccc2cc(-c3c4ccccc4c(-c4ccc5ccccc5c4)c4cc(-c5ccc6c(c5)c5ncccc5n5c7ccccc7nc65)ccc34)ccc2c1. The van der Waals surface area contributed by atoms with Crippen molar-refractivity contribution in [1.29, 1.82) is 0 Å². The van der Waals surface area contributed by atoms with Gasteiger partial charge in [0.2, 0.25) is 0 Å². The molecule has 0 N–H and O–H groups in total. The van der Waals surface area contributed by atoms with Crippen molar-refractivity contribution in [2.45, 2.75) is 38.9 Å². The molecule has 0 spiro atoms. The molecule has 0 unspecified atom stereocenters. The highest BCUT2D eigenvalue weighted by atomic mass is 79.9. The molecule has 1 aliphatic heterocycles. The van der Waals surface area contributed by atoms with E-state index in [1.54, 1.807) is 0 Å². The Morgan fingerprint density at radius 3 is 1.01 bits per heavy atom. The number of pyridine rings is 4. The lowest BCUT2D eigenvalue weighted by atomic mass is 9.78. The molecule has 0 aliphatic carbocycles. The third kappa shape index (κ3) is 11.6. The molecule has 0 atom stereocenters. The van der Waals surface area contributed by atoms with Gasteiger partial charge in [0.1, 0.15) is 11.3 Å². The van der Waals surface area contributed by atoms with E-state index in [1.807, 2.05) is 36.7 Å². The molecule has 10 heteroatoms. The fourth-order valence-electron chi connectivity index (χ4n) is 18.8. The first-order valence-corrected chi connectivity index (χ1v) is 41.8. The average molecular weight is 1600 g/mol. The van der Waals surface area contributed by atoms with Crippen molar-refractivity contribution in [2.75, 3.05) is 0 Å². The molecule has 0 saturated carbocycles. The molecule has 1 aliphatic rings. The minimum atomic E-state index is -0.409. The van der Waals surface area contributed by atoms with Crippen LogP contribution in [-0.4, -0.2) is 47.1 Å². The molecule has 25 rings (SSSR count). The van der Waals surface area contributed by atoms with Gasteiger partial charge in [0.15, 0.2) is 0 Å². The largest absolute Gasteiger partial charge is 0.494 e. The fourth-order valence-corrected chi connectivity index (χ4v) is 19.2. The minimum Gasteiger partial charge on any atom is -0.399 e. The average Bonchev–Trinajstić information content (AvgIpc) is 1.35. The van der Waals surface area contributed by atoms with E-state index in [-0.39, 0.29) is 11.2 Å². The van der Waals surface area contributed by atoms with Crippen LogP contribution in [-0.2, 0) is 9.31 Å². The third-order valence-corrected chi connectivity index (χ3v) is 25.7. The summed E-state index contributed by atoms with van der Waals surface area (Å²) >= 11 is 3.76. The predicted molar refractivity (Wildman–Crippen MR) is 508 cm³/mol. The van der Waals surface area contributed by atoms with Crippen molar-refractivity contribution in [3.8, 4) is 55.6 Å². The van der Waals surface area contributed by atoms with Gasteiger partial charge < -0.3 is 9.31 Å². The quantitative estimate of drug-likeness (QED) is 0.0938. The van der Waals surface area contributed by atoms with Gasteiger partial charge in [-0.3, -0.25) is 18.8 Å². The molecule has 24 aromatic rings. The standard InChI is InChI=1S/C52H31N3.C34H21Br.C24H22BN3O2/c1-3-12-34-28-38(21-19-32(34)10-1)49-40-14-5-6-15-41(40)50(39-22-20-33-11-2-4-13-35(33)29-39)44-30-36(23-25-42(44)49)37-24-26-43-45(31-37)51-48(18-9-27-53-51)55-47-17-8-7-16-46(47)54-52(43)55;35-28-17-18-31-32(21-28)34(27-16-14-23-8-2-4-10-25(23)20-27)30-12-6-5-11-29(30)33(31)26-15-13-22-7-1-3-9-24(22)19-26;1-23(2)24(3,4)30-25(29-23)15-11-12-16-17(14-15)21-20(10-7-13-26-21)28-19-9-6-5-8-18(19)27-22(16)28/h1-31H;1-21H;5-14H,1-4H3. The first-order valence-electron chi connectivity index (χ1n) is 41.0. The van der Waals surface area contributed by atoms with Gasteiger partial charge in [0.05, 0.1) is 55.3 Å². The summed E-state index contributed by atoms with van der Waals surface area (Å²) in [5.74, 6) is 0. The van der Waals surface area contributed by atoms with Crippen LogP contribution in [0.1, 0.15) is 27.7 Å². The Morgan fingerprint density at radius 1 is 0.258 bits per heavy atom. The van der Waals surface area contributed by atoms with Crippen molar-refractivity contribution in [2.24, 2.45) is 0 Å². The molecular formula is C110H74BBrN6O2. The number of rotatable bonds is 6. The second-order valence-corrected chi connectivity index (χ2v) is 33.6. The van der Waals surface area contributed by atoms with Gasteiger partial charge in [0.25, 0.3) is 0 Å². The zero-order valence-electron chi connectivity index (χ0n) is 66.3. The lowest BCUT2D eigenvalue weighted by Crippen LogP contribution is -2.41. The van der Waals surface area contributed by atoms with Crippen LogP contribution in [0.5, 0.6) is 0 Å². The maximum Gasteiger partial charge on any atom is 0.494 e. The van der Waals surface area contributed by atoms with Gasteiger partial charge >= 0.3 is 7.12 Å². The van der Waals surface area contributed by atoms with E-state index in [0.717, 1.165) is 98.0 Å². The highest BCUT2D eigenvalue weighted by Crippen LogP contribution is 2.49. The number of aromatic nitrogens is 6. The second-order valence-electron chi connectivity index (χ2n) is 32.7. The van der Waals surface area contributed by atoms with Crippen LogP contribution in [0.3, 0.4) is 0 Å². The zero-order valence-corrected chi connectivity index (χ0v) is 67.8. The lowest BCUT2D eigenvalue weighted by molar-refractivity contribution is 0.00578. The number of hydrogen-bond acceptors (Lipinski definition) is 6. The summed E-state index contributed by atoms with van der Waals surface area (Å²) in [6.07, 6.45) is 3.74. The van der Waals surface area contributed by atoms with Gasteiger partial charge in [-0.2, -0.15) is 0 Å². The van der Waals surface area contributed by atoms with E-state index >= 15 is 0 Å². The smallest absolute Gasteiger partial charge is 0.399 e. The Hall–Kier alpha value is -14.3. The minimum absolute atomic E-state index is 0.377. The highest BCUT2D eigenvalue weighted by Gasteiger charge is 2.52.